The normalized spacial score (nSPS) is 14.5. The van der Waals surface area contributed by atoms with Gasteiger partial charge in [-0.1, -0.05) is 128 Å². The number of hydrogen-bond acceptors (Lipinski definition) is 5. The molecule has 0 aliphatic heterocycles. The van der Waals surface area contributed by atoms with Crippen LogP contribution in [0, 0.1) is 0 Å². The van der Waals surface area contributed by atoms with Gasteiger partial charge < -0.3 is 9.52 Å². The van der Waals surface area contributed by atoms with Crippen LogP contribution in [0.15, 0.2) is 114 Å². The predicted molar refractivity (Wildman–Crippen MR) is 241 cm³/mol. The Labute approximate surface area is 338 Å². The largest absolute Gasteiger partial charge is 0.507 e. The Hall–Kier alpha value is -5.52. The van der Waals surface area contributed by atoms with Gasteiger partial charge in [0.25, 0.3) is 0 Å². The molecule has 6 aromatic carbocycles. The Morgan fingerprint density at radius 3 is 2.11 bits per heavy atom. The van der Waals surface area contributed by atoms with Gasteiger partial charge in [0.05, 0.1) is 21.5 Å². The monoisotopic (exact) mass is 764 g/mol. The van der Waals surface area contributed by atoms with Gasteiger partial charge in [-0.3, -0.25) is 4.98 Å². The van der Waals surface area contributed by atoms with Crippen molar-refractivity contribution in [2.24, 2.45) is 0 Å². The van der Waals surface area contributed by atoms with Crippen molar-refractivity contribution in [1.29, 1.82) is 0 Å². The first-order chi connectivity index (χ1) is 27.4. The number of aromatic nitrogens is 2. The van der Waals surface area contributed by atoms with Crippen LogP contribution in [0.2, 0.25) is 0 Å². The molecule has 3 heterocycles. The van der Waals surface area contributed by atoms with E-state index in [4.69, 9.17) is 14.4 Å². The second-order valence-electron chi connectivity index (χ2n) is 18.2. The molecule has 4 nitrogen and oxygen atoms in total. The summed E-state index contributed by atoms with van der Waals surface area (Å²) in [5, 5.41) is 19.6. The fourth-order valence-corrected chi connectivity index (χ4v) is 10.2. The van der Waals surface area contributed by atoms with Gasteiger partial charge in [-0.25, -0.2) is 4.98 Å². The number of para-hydroxylation sites is 1. The molecular weight excluding hydrogens is 717 g/mol. The second-order valence-corrected chi connectivity index (χ2v) is 19.2. The quantitative estimate of drug-likeness (QED) is 0.181. The lowest BCUT2D eigenvalue weighted by molar-refractivity contribution is 0.443. The first-order valence-electron chi connectivity index (χ1n) is 20.5. The topological polar surface area (TPSA) is 59.2 Å². The zero-order valence-electron chi connectivity index (χ0n) is 33.7. The number of aromatic hydroxyl groups is 1. The van der Waals surface area contributed by atoms with Crippen LogP contribution in [0.3, 0.4) is 0 Å². The van der Waals surface area contributed by atoms with E-state index in [1.165, 1.54) is 59.4 Å². The van der Waals surface area contributed by atoms with Gasteiger partial charge in [0.1, 0.15) is 21.9 Å². The molecule has 0 unspecified atom stereocenters. The molecule has 0 atom stereocenters. The minimum Gasteiger partial charge on any atom is -0.507 e. The van der Waals surface area contributed by atoms with Gasteiger partial charge in [0.2, 0.25) is 0 Å². The molecule has 0 amide bonds. The SMILES string of the molecule is CC(C)(C)c1cc(-c2nc3c(-c4cc(-c5cc(C6CCCCC6)ccn5)cc5c4oc4c6ccccc6c6ccccc6c54)cccc3s2)c(O)c(C(C)(C)C)c1. The molecule has 284 valence electrons. The molecule has 1 saturated carbocycles. The van der Waals surface area contributed by atoms with Crippen molar-refractivity contribution in [2.45, 2.75) is 90.4 Å². The van der Waals surface area contributed by atoms with Gasteiger partial charge in [0, 0.05) is 44.6 Å². The van der Waals surface area contributed by atoms with E-state index in [-0.39, 0.29) is 10.8 Å². The highest BCUT2D eigenvalue weighted by Gasteiger charge is 2.28. The van der Waals surface area contributed by atoms with Crippen LogP contribution >= 0.6 is 11.3 Å². The highest BCUT2D eigenvalue weighted by atomic mass is 32.1. The first-order valence-corrected chi connectivity index (χ1v) is 21.3. The average molecular weight is 765 g/mol. The smallest absolute Gasteiger partial charge is 0.143 e. The maximum absolute atomic E-state index is 11.9. The van der Waals surface area contributed by atoms with Crippen LogP contribution < -0.4 is 0 Å². The molecule has 10 rings (SSSR count). The number of hydrogen-bond donors (Lipinski definition) is 1. The van der Waals surface area contributed by atoms with Gasteiger partial charge >= 0.3 is 0 Å². The first kappa shape index (κ1) is 35.9. The molecule has 0 saturated heterocycles. The van der Waals surface area contributed by atoms with E-state index in [0.717, 1.165) is 76.1 Å². The Morgan fingerprint density at radius 1 is 0.649 bits per heavy atom. The van der Waals surface area contributed by atoms with E-state index in [9.17, 15) is 5.11 Å². The Morgan fingerprint density at radius 2 is 1.37 bits per heavy atom. The lowest BCUT2D eigenvalue weighted by Gasteiger charge is -2.27. The highest BCUT2D eigenvalue weighted by Crippen LogP contribution is 2.49. The van der Waals surface area contributed by atoms with Gasteiger partial charge in [-0.15, -0.1) is 11.3 Å². The van der Waals surface area contributed by atoms with Crippen molar-refractivity contribution in [2.75, 3.05) is 0 Å². The summed E-state index contributed by atoms with van der Waals surface area (Å²) >= 11 is 1.63. The summed E-state index contributed by atoms with van der Waals surface area (Å²) in [6, 6.07) is 37.2. The summed E-state index contributed by atoms with van der Waals surface area (Å²) < 4.78 is 8.21. The number of phenols is 1. The summed E-state index contributed by atoms with van der Waals surface area (Å²) in [4.78, 5) is 10.4. The Bertz CT molecular complexity index is 3040. The third-order valence-corrected chi connectivity index (χ3v) is 13.4. The number of pyridine rings is 1. The summed E-state index contributed by atoms with van der Waals surface area (Å²) in [5.41, 5.74) is 10.6. The van der Waals surface area contributed by atoms with E-state index < -0.39 is 0 Å². The Kier molecular flexibility index (Phi) is 8.35. The average Bonchev–Trinajstić information content (AvgIpc) is 3.83. The van der Waals surface area contributed by atoms with Crippen LogP contribution in [0.4, 0.5) is 0 Å². The molecule has 0 spiro atoms. The summed E-state index contributed by atoms with van der Waals surface area (Å²) in [6.07, 6.45) is 8.37. The minimum atomic E-state index is -0.244. The van der Waals surface area contributed by atoms with Crippen LogP contribution in [0.5, 0.6) is 5.75 Å². The lowest BCUT2D eigenvalue weighted by Crippen LogP contribution is -2.17. The van der Waals surface area contributed by atoms with E-state index >= 15 is 0 Å². The van der Waals surface area contributed by atoms with Gasteiger partial charge in [-0.05, 0) is 93.3 Å². The van der Waals surface area contributed by atoms with Crippen LogP contribution in [0.25, 0.3) is 86.7 Å². The van der Waals surface area contributed by atoms with E-state index in [1.54, 1.807) is 11.3 Å². The van der Waals surface area contributed by atoms with E-state index in [1.807, 2.05) is 6.20 Å². The second kappa shape index (κ2) is 13.3. The molecule has 5 heteroatoms. The molecule has 1 aliphatic carbocycles. The summed E-state index contributed by atoms with van der Waals surface area (Å²) in [7, 11) is 0. The molecule has 0 radical (unpaired) electrons. The molecule has 1 fully saturated rings. The fraction of sp³-hybridized carbons (Fsp3) is 0.269. The van der Waals surface area contributed by atoms with Crippen molar-refractivity contribution in [1.82, 2.24) is 9.97 Å². The third-order valence-electron chi connectivity index (χ3n) is 12.3. The number of rotatable bonds is 4. The maximum atomic E-state index is 11.9. The summed E-state index contributed by atoms with van der Waals surface area (Å²) in [6.45, 7) is 13.2. The molecule has 1 N–H and O–H groups in total. The number of phenolic OH excluding ortho intramolecular Hbond substituents is 1. The molecule has 57 heavy (non-hydrogen) atoms. The number of nitrogens with zero attached hydrogens (tertiary/aromatic N) is 2. The lowest BCUT2D eigenvalue weighted by atomic mass is 9.79. The van der Waals surface area contributed by atoms with Crippen LogP contribution in [-0.2, 0) is 10.8 Å². The number of benzene rings is 6. The van der Waals surface area contributed by atoms with Crippen LogP contribution in [0.1, 0.15) is 96.3 Å². The van der Waals surface area contributed by atoms with E-state index in [0.29, 0.717) is 11.7 Å². The number of fused-ring (bicyclic) bond motifs is 9. The molecule has 0 bridgehead atoms. The Balaban J connectivity index is 1.26. The van der Waals surface area contributed by atoms with E-state index in [2.05, 4.69) is 145 Å². The zero-order valence-corrected chi connectivity index (χ0v) is 34.5. The summed E-state index contributed by atoms with van der Waals surface area (Å²) in [5.74, 6) is 0.878. The fourth-order valence-electron chi connectivity index (χ4n) is 9.23. The van der Waals surface area contributed by atoms with Crippen molar-refractivity contribution in [3.05, 3.63) is 126 Å². The van der Waals surface area contributed by atoms with Gasteiger partial charge in [0.15, 0.2) is 0 Å². The minimum absolute atomic E-state index is 0.103. The number of thiazole rings is 1. The maximum Gasteiger partial charge on any atom is 0.143 e. The predicted octanol–water partition coefficient (Wildman–Crippen LogP) is 15.2. The van der Waals surface area contributed by atoms with Crippen molar-refractivity contribution < 1.29 is 9.52 Å². The third kappa shape index (κ3) is 6.01. The van der Waals surface area contributed by atoms with Crippen molar-refractivity contribution >= 4 is 65.0 Å². The number of furan rings is 1. The molecule has 3 aromatic heterocycles. The van der Waals surface area contributed by atoms with Crippen LogP contribution in [-0.4, -0.2) is 15.1 Å². The zero-order chi connectivity index (χ0) is 39.2. The highest BCUT2D eigenvalue weighted by molar-refractivity contribution is 7.21. The molecular formula is C52H48N2O2S. The molecule has 9 aromatic rings. The van der Waals surface area contributed by atoms with Crippen molar-refractivity contribution in [3.63, 3.8) is 0 Å². The molecule has 1 aliphatic rings. The van der Waals surface area contributed by atoms with Crippen molar-refractivity contribution in [3.8, 4) is 38.7 Å². The van der Waals surface area contributed by atoms with Gasteiger partial charge in [-0.2, -0.15) is 0 Å². The standard InChI is InChI=1S/C52H48N2O2S/c1-51(2,3)33-28-41(47(55)42(29-33)52(4,5)6)50-54-46-37(21-14-22-44(46)57-50)39-25-32(43-27-31(23-24-53-43)30-15-8-7-9-16-30)26-40-45-36-19-12-10-17-34(36)35-18-11-13-20-38(35)49(45)56-48(39)40/h10-14,17-30,55H,7-9,15-16H2,1-6H3.